The smallest absolute Gasteiger partial charge is 0.401 e. The summed E-state index contributed by atoms with van der Waals surface area (Å²) >= 11 is 0. The Hall–Kier alpha value is -11.3. The molecule has 0 bridgehead atoms. The van der Waals surface area contributed by atoms with Gasteiger partial charge in [-0.05, 0) is 141 Å². The fraction of sp³-hybridized carbons (Fsp3) is 0.229. The third kappa shape index (κ3) is 25.0. The van der Waals surface area contributed by atoms with Crippen LogP contribution in [-0.2, 0) is 50.6 Å². The van der Waals surface area contributed by atoms with Crippen molar-refractivity contribution in [1.82, 2.24) is 0 Å². The van der Waals surface area contributed by atoms with Crippen LogP contribution in [-0.4, -0.2) is 67.2 Å². The van der Waals surface area contributed by atoms with Gasteiger partial charge in [0, 0.05) is 75.3 Å². The van der Waals surface area contributed by atoms with E-state index in [1.807, 2.05) is 268 Å². The van der Waals surface area contributed by atoms with E-state index >= 15 is 0 Å². The van der Waals surface area contributed by atoms with Gasteiger partial charge in [0.25, 0.3) is 11.0 Å². The van der Waals surface area contributed by atoms with E-state index in [0.29, 0.717) is 75.9 Å². The van der Waals surface area contributed by atoms with Crippen molar-refractivity contribution in [2.75, 3.05) is 34.0 Å². The zero-order chi connectivity index (χ0) is 97.2. The first-order valence-electron chi connectivity index (χ1n) is 43.3. The summed E-state index contributed by atoms with van der Waals surface area (Å²) < 4.78 is 108. The molecule has 0 aromatic heterocycles. The molecule has 688 valence electrons. The van der Waals surface area contributed by atoms with Crippen LogP contribution in [0.1, 0.15) is 154 Å². The Balaban J connectivity index is 0.000000196. The van der Waals surface area contributed by atoms with E-state index < -0.39 is 70.9 Å². The number of ether oxygens (including phenoxy) is 2. The molecule has 0 radical (unpaired) electrons. The molecule has 0 saturated heterocycles. The largest absolute Gasteiger partial charge is 0.496 e. The quantitative estimate of drug-likeness (QED) is 0.0434. The second-order valence-corrected chi connectivity index (χ2v) is 48.3. The Labute approximate surface area is 779 Å². The summed E-state index contributed by atoms with van der Waals surface area (Å²) in [6.45, 7) is 33.7. The van der Waals surface area contributed by atoms with Crippen molar-refractivity contribution in [3.63, 3.8) is 0 Å². The number of carbonyl (C=O) groups excluding carboxylic acids is 6. The lowest BCUT2D eigenvalue weighted by Crippen LogP contribution is -2.30. The molecule has 1 atom stereocenters. The van der Waals surface area contributed by atoms with Crippen molar-refractivity contribution in [3.05, 3.63) is 400 Å². The Morgan fingerprint density at radius 2 is 0.439 bits per heavy atom. The number of hydrogen-bond donors (Lipinski definition) is 0. The van der Waals surface area contributed by atoms with Crippen LogP contribution in [0, 0.1) is 73.1 Å². The van der Waals surface area contributed by atoms with Gasteiger partial charge in [0.15, 0.2) is 0 Å². The highest BCUT2D eigenvalue weighted by atomic mass is 31.2. The minimum Gasteiger partial charge on any atom is -0.496 e. The highest BCUT2D eigenvalue weighted by Gasteiger charge is 2.46. The summed E-state index contributed by atoms with van der Waals surface area (Å²) in [4.78, 5) is 78.3. The molecular weight excluding hydrogens is 1770 g/mol. The molecule has 0 aliphatic carbocycles. The molecule has 13 rings (SSSR count). The van der Waals surface area contributed by atoms with Gasteiger partial charge in [-0.3, -0.25) is 37.9 Å². The fourth-order valence-corrected chi connectivity index (χ4v) is 29.9. The number of aryl methyl sites for hydroxylation is 9. The Bertz CT molecular complexity index is 6070. The van der Waals surface area contributed by atoms with Crippen LogP contribution in [0.25, 0.3) is 0 Å². The SMILES string of the molecule is CC(C)(C)C(=O)P(=O)(c1ccccc1)c1ccccc1.CC(C)(C)C(=O)P(=O)(c1ccccc1)c1ccccc1.CCOP(=O)(C(=O)c1c(C)cc(C)cc1C)c1ccccc1.CCOP(=O)(OCC)C(=O)c1c(C)cc(C)cc1C.COc1cccc(OC)c1C(=O)P(=O)(c1ccccc1)c1ccccc1.Cc1cc(C)c(C(=O)P(=O)(c2ccccc2)c2ccccc2)c(C)c1. The highest BCUT2D eigenvalue weighted by Crippen LogP contribution is 2.56. The average Bonchev–Trinajstić information content (AvgIpc) is 0.753. The van der Waals surface area contributed by atoms with Gasteiger partial charge in [0.05, 0.1) is 34.0 Å². The first-order valence-corrected chi connectivity index (χ1v) is 53.3. The maximum absolute atomic E-state index is 14.2. The second-order valence-electron chi connectivity index (χ2n) is 33.4. The molecule has 0 fully saturated rings. The van der Waals surface area contributed by atoms with Crippen LogP contribution in [0.15, 0.2) is 328 Å². The van der Waals surface area contributed by atoms with Crippen LogP contribution in [0.5, 0.6) is 11.5 Å². The Morgan fingerprint density at radius 1 is 0.242 bits per heavy atom. The summed E-state index contributed by atoms with van der Waals surface area (Å²) in [6.07, 6.45) is 0. The van der Waals surface area contributed by atoms with Crippen molar-refractivity contribution in [2.24, 2.45) is 10.8 Å². The predicted octanol–water partition coefficient (Wildman–Crippen LogP) is 24.2. The van der Waals surface area contributed by atoms with Crippen molar-refractivity contribution >= 4 is 124 Å². The van der Waals surface area contributed by atoms with Crippen LogP contribution >= 0.6 is 43.5 Å². The van der Waals surface area contributed by atoms with Gasteiger partial charge >= 0.3 is 15.0 Å². The number of rotatable bonds is 27. The summed E-state index contributed by atoms with van der Waals surface area (Å²) in [5.41, 5.74) is 6.45. The van der Waals surface area contributed by atoms with Crippen molar-refractivity contribution in [1.29, 1.82) is 0 Å². The highest BCUT2D eigenvalue weighted by molar-refractivity contribution is 7.94. The lowest BCUT2D eigenvalue weighted by atomic mass is 9.99. The lowest BCUT2D eigenvalue weighted by Gasteiger charge is -2.25. The van der Waals surface area contributed by atoms with Crippen LogP contribution in [0.3, 0.4) is 0 Å². The van der Waals surface area contributed by atoms with E-state index in [4.69, 9.17) is 23.0 Å². The normalized spacial score (nSPS) is 11.9. The lowest BCUT2D eigenvalue weighted by molar-refractivity contribution is -0.118. The van der Waals surface area contributed by atoms with Gasteiger partial charge in [-0.25, -0.2) is 0 Å². The van der Waals surface area contributed by atoms with Gasteiger partial charge < -0.3 is 41.3 Å². The van der Waals surface area contributed by atoms with Crippen molar-refractivity contribution < 1.29 is 79.2 Å². The molecule has 1 unspecified atom stereocenters. The third-order valence-corrected chi connectivity index (χ3v) is 37.8. The molecule has 0 spiro atoms. The summed E-state index contributed by atoms with van der Waals surface area (Å²) in [5.74, 6) is 0.669. The van der Waals surface area contributed by atoms with Crippen LogP contribution < -0.4 is 57.2 Å². The molecule has 23 heteroatoms. The summed E-state index contributed by atoms with van der Waals surface area (Å²) in [6, 6.07) is 97.4. The molecule has 132 heavy (non-hydrogen) atoms. The van der Waals surface area contributed by atoms with Crippen molar-refractivity contribution in [2.45, 2.75) is 125 Å². The average molecular weight is 1890 g/mol. The first-order chi connectivity index (χ1) is 62.5. The van der Waals surface area contributed by atoms with Crippen molar-refractivity contribution in [3.8, 4) is 11.5 Å². The van der Waals surface area contributed by atoms with E-state index in [2.05, 4.69) is 0 Å². The Kier molecular flexibility index (Phi) is 38.1. The predicted molar refractivity (Wildman–Crippen MR) is 543 cm³/mol. The van der Waals surface area contributed by atoms with E-state index in [0.717, 1.165) is 50.1 Å². The number of carbonyl (C=O) groups is 6. The van der Waals surface area contributed by atoms with Gasteiger partial charge in [-0.15, -0.1) is 0 Å². The number of hydrogen-bond acceptors (Lipinski definition) is 17. The second kappa shape index (κ2) is 47.4. The molecule has 0 amide bonds. The zero-order valence-corrected chi connectivity index (χ0v) is 84.3. The number of benzene rings is 13. The van der Waals surface area contributed by atoms with Gasteiger partial charge in [0.1, 0.15) is 17.1 Å². The topological polar surface area (TPSA) is 251 Å². The maximum atomic E-state index is 14.2. The minimum absolute atomic E-state index is 0.174. The molecule has 13 aromatic rings. The molecular formula is C109H120O17P6. The van der Waals surface area contributed by atoms with E-state index in [1.54, 1.807) is 185 Å². The summed E-state index contributed by atoms with van der Waals surface area (Å²) in [5, 5.41) is 4.96. The van der Waals surface area contributed by atoms with Gasteiger partial charge in [-0.1, -0.05) is 362 Å². The maximum Gasteiger partial charge on any atom is 0.401 e. The third-order valence-electron chi connectivity index (χ3n) is 21.2. The molecule has 0 heterocycles. The number of methoxy groups -OCH3 is 2. The monoisotopic (exact) mass is 1890 g/mol. The first kappa shape index (κ1) is 106. The van der Waals surface area contributed by atoms with E-state index in [1.165, 1.54) is 14.2 Å². The van der Waals surface area contributed by atoms with Crippen LogP contribution in [0.4, 0.5) is 0 Å². The summed E-state index contributed by atoms with van der Waals surface area (Å²) in [7, 11) is -18.0. The van der Waals surface area contributed by atoms with E-state index in [-0.39, 0.29) is 42.0 Å². The molecule has 0 saturated carbocycles. The molecule has 13 aromatic carbocycles. The Morgan fingerprint density at radius 3 is 0.652 bits per heavy atom. The molecule has 17 nitrogen and oxygen atoms in total. The van der Waals surface area contributed by atoms with Gasteiger partial charge in [-0.2, -0.15) is 0 Å². The molecule has 0 aliphatic heterocycles. The fourth-order valence-electron chi connectivity index (χ4n) is 15.3. The van der Waals surface area contributed by atoms with E-state index in [9.17, 15) is 56.2 Å². The minimum atomic E-state index is -3.74. The molecule has 0 N–H and O–H groups in total. The van der Waals surface area contributed by atoms with Gasteiger partial charge in [0.2, 0.25) is 50.7 Å². The zero-order valence-electron chi connectivity index (χ0n) is 78.9. The van der Waals surface area contributed by atoms with Crippen LogP contribution in [0.2, 0.25) is 0 Å². The standard InChI is InChI=1S/C22H21O2P.C21H19O4P.C18H21O3P.2C17H19O2P.C14H21O4P/c1-16-14-17(2)21(18(3)15-16)22(23)25(24,19-10-6-4-7-11-19)20-12-8-5-9-13-20;1-24-18-14-9-15-19(25-2)20(18)21(22)26(23,16-10-5-3-6-11-16)17-12-7-4-8-13-17;1-5-21-22(20,16-9-7-6-8-10-16)18(19)17-14(3)11-13(2)12-15(17)4;2*1-17(2,3)16(18)20(19,14-10-6-4-7-11-14)15-12-8-5-9-13-15;1-6-17-19(16,18-7-2)14(15)13-11(4)8-10(3)9-12(13)5/h4-15H,1-3H3;3-15H,1-2H3;6-12H,5H2,1-4H3;2*4-13H,1-3H3;8-9H,6-7H2,1-5H3. The molecule has 0 aliphatic rings.